The summed E-state index contributed by atoms with van der Waals surface area (Å²) in [6.07, 6.45) is 12.2. The van der Waals surface area contributed by atoms with Crippen LogP contribution in [0.3, 0.4) is 0 Å². The highest BCUT2D eigenvalue weighted by Gasteiger charge is 2.16. The summed E-state index contributed by atoms with van der Waals surface area (Å²) >= 11 is 0. The van der Waals surface area contributed by atoms with Crippen molar-refractivity contribution in [1.82, 2.24) is 0 Å². The van der Waals surface area contributed by atoms with Crippen molar-refractivity contribution < 1.29 is 0 Å². The van der Waals surface area contributed by atoms with E-state index in [0.29, 0.717) is 0 Å². The molecule has 3 rings (SSSR count). The second kappa shape index (κ2) is 13.2. The first-order valence-corrected chi connectivity index (χ1v) is 10.9. The van der Waals surface area contributed by atoms with E-state index in [1.807, 2.05) is 45.9 Å². The van der Waals surface area contributed by atoms with E-state index < -0.39 is 0 Å². The van der Waals surface area contributed by atoms with E-state index in [9.17, 15) is 0 Å². The van der Waals surface area contributed by atoms with Gasteiger partial charge in [-0.25, -0.2) is 0 Å². The van der Waals surface area contributed by atoms with Crippen LogP contribution in [0.4, 0.5) is 0 Å². The molecule has 0 fully saturated rings. The molecular weight excluding hydrogens is 360 g/mol. The Labute approximate surface area is 183 Å². The molecule has 3 aromatic carbocycles. The normalized spacial score (nSPS) is 11.5. The van der Waals surface area contributed by atoms with E-state index >= 15 is 0 Å². The molecule has 0 heterocycles. The molecule has 156 valence electrons. The smallest absolute Gasteiger partial charge is 0.00266 e. The zero-order chi connectivity index (χ0) is 22.5. The minimum absolute atomic E-state index is 1.09. The second-order valence-corrected chi connectivity index (χ2v) is 6.15. The van der Waals surface area contributed by atoms with Crippen molar-refractivity contribution in [3.63, 3.8) is 0 Å². The van der Waals surface area contributed by atoms with Crippen molar-refractivity contribution in [1.29, 1.82) is 0 Å². The summed E-state index contributed by atoms with van der Waals surface area (Å²) in [5.41, 5.74) is 4.82. The van der Waals surface area contributed by atoms with Crippen molar-refractivity contribution in [2.75, 3.05) is 0 Å². The van der Waals surface area contributed by atoms with Crippen LogP contribution in [0.1, 0.15) is 52.7 Å². The van der Waals surface area contributed by atoms with E-state index in [2.05, 4.69) is 93.8 Å². The molecule has 0 aliphatic carbocycles. The third-order valence-corrected chi connectivity index (χ3v) is 4.68. The molecule has 0 aromatic heterocycles. The average molecular weight is 397 g/mol. The van der Waals surface area contributed by atoms with Gasteiger partial charge in [0.15, 0.2) is 0 Å². The molecule has 0 amide bonds. The van der Waals surface area contributed by atoms with Gasteiger partial charge in [0.25, 0.3) is 0 Å². The summed E-state index contributed by atoms with van der Waals surface area (Å²) in [4.78, 5) is 0. The molecule has 0 saturated heterocycles. The van der Waals surface area contributed by atoms with Crippen molar-refractivity contribution in [2.45, 2.75) is 41.5 Å². The number of fused-ring (bicyclic) bond motifs is 2. The molecular formula is C30H36. The van der Waals surface area contributed by atoms with Crippen LogP contribution in [0.15, 0.2) is 98.1 Å². The molecule has 0 N–H and O–H groups in total. The summed E-state index contributed by atoms with van der Waals surface area (Å²) in [6, 6.07) is 17.2. The minimum atomic E-state index is 1.09. The van der Waals surface area contributed by atoms with Gasteiger partial charge in [-0.15, -0.1) is 0 Å². The van der Waals surface area contributed by atoms with Gasteiger partial charge in [0.1, 0.15) is 0 Å². The first-order chi connectivity index (χ1) is 14.8. The van der Waals surface area contributed by atoms with E-state index in [0.717, 1.165) is 5.57 Å². The molecule has 30 heavy (non-hydrogen) atoms. The molecule has 0 saturated carbocycles. The van der Waals surface area contributed by atoms with Crippen LogP contribution in [0, 0.1) is 0 Å². The number of hydrogen-bond donors (Lipinski definition) is 0. The predicted octanol–water partition coefficient (Wildman–Crippen LogP) is 9.78. The Kier molecular flexibility index (Phi) is 10.9. The van der Waals surface area contributed by atoms with Gasteiger partial charge in [-0.05, 0) is 57.7 Å². The molecule has 0 heteroatoms. The van der Waals surface area contributed by atoms with Gasteiger partial charge in [0.05, 0.1) is 0 Å². The maximum atomic E-state index is 4.03. The van der Waals surface area contributed by atoms with E-state index in [4.69, 9.17) is 0 Å². The highest BCUT2D eigenvalue weighted by atomic mass is 14.2. The van der Waals surface area contributed by atoms with E-state index in [1.54, 1.807) is 0 Å². The SMILES string of the molecule is C=C/C=C(\C=C)c1c2ccccc2c(C(/C=C\C)=C/C)c2ccccc12.CC.CC. The number of hydrogen-bond acceptors (Lipinski definition) is 0. The zero-order valence-corrected chi connectivity index (χ0v) is 19.5. The van der Waals surface area contributed by atoms with Crippen LogP contribution in [0.5, 0.6) is 0 Å². The molecule has 0 aliphatic heterocycles. The van der Waals surface area contributed by atoms with Crippen molar-refractivity contribution >= 4 is 32.7 Å². The van der Waals surface area contributed by atoms with Gasteiger partial charge in [0, 0.05) is 0 Å². The first-order valence-electron chi connectivity index (χ1n) is 10.9. The summed E-state index contributed by atoms with van der Waals surface area (Å²) in [7, 11) is 0. The summed E-state index contributed by atoms with van der Waals surface area (Å²) in [5.74, 6) is 0. The molecule has 0 radical (unpaired) electrons. The number of allylic oxidation sites excluding steroid dienone is 8. The molecule has 0 atom stereocenters. The highest BCUT2D eigenvalue weighted by molar-refractivity contribution is 6.17. The molecule has 3 aromatic rings. The van der Waals surface area contributed by atoms with Crippen LogP contribution >= 0.6 is 0 Å². The minimum Gasteiger partial charge on any atom is -0.0990 e. The van der Waals surface area contributed by atoms with Crippen LogP contribution in [-0.4, -0.2) is 0 Å². The van der Waals surface area contributed by atoms with Crippen molar-refractivity contribution in [3.05, 3.63) is 109 Å². The largest absolute Gasteiger partial charge is 0.0990 e. The van der Waals surface area contributed by atoms with Gasteiger partial charge < -0.3 is 0 Å². The maximum Gasteiger partial charge on any atom is -0.00266 e. The van der Waals surface area contributed by atoms with Gasteiger partial charge in [-0.3, -0.25) is 0 Å². The summed E-state index contributed by atoms with van der Waals surface area (Å²) < 4.78 is 0. The lowest BCUT2D eigenvalue weighted by Crippen LogP contribution is -1.94. The standard InChI is InChI=1S/C26H24.2C2H6/c1-5-13-19(7-3)25-21-15-9-11-17-23(21)26(20(8-4)14-6-2)24-18-12-10-16-22(24)25;2*1-2/h5-18H,1,3H2,2,4H3;2*1-2H3/b14-6-,19-13+,20-8+;;. The Hall–Kier alpha value is -3.12. The fourth-order valence-electron chi connectivity index (χ4n) is 3.63. The molecule has 0 unspecified atom stereocenters. The second-order valence-electron chi connectivity index (χ2n) is 6.15. The maximum absolute atomic E-state index is 4.03. The molecule has 0 bridgehead atoms. The quantitative estimate of drug-likeness (QED) is 0.297. The monoisotopic (exact) mass is 396 g/mol. The molecule has 0 spiro atoms. The third kappa shape index (κ3) is 5.07. The summed E-state index contributed by atoms with van der Waals surface area (Å²) in [6.45, 7) is 20.1. The third-order valence-electron chi connectivity index (χ3n) is 4.68. The zero-order valence-electron chi connectivity index (χ0n) is 19.5. The van der Waals surface area contributed by atoms with Crippen LogP contribution in [-0.2, 0) is 0 Å². The summed E-state index contributed by atoms with van der Waals surface area (Å²) in [5, 5.41) is 4.98. The first kappa shape index (κ1) is 24.9. The van der Waals surface area contributed by atoms with Gasteiger partial charge in [-0.1, -0.05) is 126 Å². The van der Waals surface area contributed by atoms with Crippen molar-refractivity contribution in [3.8, 4) is 0 Å². The Morgan fingerprint density at radius 3 is 1.37 bits per heavy atom. The van der Waals surface area contributed by atoms with Gasteiger partial charge >= 0.3 is 0 Å². The van der Waals surface area contributed by atoms with Crippen molar-refractivity contribution in [2.24, 2.45) is 0 Å². The predicted molar refractivity (Wildman–Crippen MR) is 141 cm³/mol. The highest BCUT2D eigenvalue weighted by Crippen LogP contribution is 2.40. The Bertz CT molecular complexity index is 1010. The topological polar surface area (TPSA) is 0 Å². The average Bonchev–Trinajstić information content (AvgIpc) is 2.82. The fourth-order valence-corrected chi connectivity index (χ4v) is 3.63. The fraction of sp³-hybridized carbons (Fsp3) is 0.200. The van der Waals surface area contributed by atoms with Crippen LogP contribution < -0.4 is 0 Å². The Balaban J connectivity index is 0.00000106. The van der Waals surface area contributed by atoms with E-state index in [1.165, 1.54) is 38.2 Å². The number of rotatable bonds is 5. The Morgan fingerprint density at radius 1 is 0.667 bits per heavy atom. The lowest BCUT2D eigenvalue weighted by atomic mass is 9.85. The lowest BCUT2D eigenvalue weighted by Gasteiger charge is -2.18. The molecule has 0 aliphatic rings. The van der Waals surface area contributed by atoms with Gasteiger partial charge in [-0.2, -0.15) is 0 Å². The van der Waals surface area contributed by atoms with Crippen LogP contribution in [0.2, 0.25) is 0 Å². The molecule has 0 nitrogen and oxygen atoms in total. The lowest BCUT2D eigenvalue weighted by molar-refractivity contribution is 1.50. The Morgan fingerprint density at radius 2 is 1.07 bits per heavy atom. The van der Waals surface area contributed by atoms with E-state index in [-0.39, 0.29) is 0 Å². The number of benzene rings is 3. The van der Waals surface area contributed by atoms with Gasteiger partial charge in [0.2, 0.25) is 0 Å². The van der Waals surface area contributed by atoms with Crippen LogP contribution in [0.25, 0.3) is 32.7 Å².